The molecule has 2 aromatic rings. The van der Waals surface area contributed by atoms with E-state index < -0.39 is 0 Å². The fourth-order valence-corrected chi connectivity index (χ4v) is 3.54. The molecule has 19 heavy (non-hydrogen) atoms. The molecule has 1 fully saturated rings. The lowest BCUT2D eigenvalue weighted by molar-refractivity contribution is 0.289. The Morgan fingerprint density at radius 2 is 2.05 bits per heavy atom. The van der Waals surface area contributed by atoms with Gasteiger partial charge in [0.05, 0.1) is 11.2 Å². The van der Waals surface area contributed by atoms with Crippen LogP contribution in [-0.4, -0.2) is 11.0 Å². The average Bonchev–Trinajstić information content (AvgIpc) is 2.75. The molecule has 3 rings (SSSR count). The zero-order chi connectivity index (χ0) is 13.2. The molecule has 1 aromatic carbocycles. The number of hydrogen-bond donors (Lipinski definition) is 1. The standard InChI is InChI=1S/C16H20N2S/c1-11-5-3-4-6-15(11)13-7-14(8-13)17-9-16-12(2)18-10-19-16/h3-6,10,13-14,17H,7-9H2,1-2H3. The molecular weight excluding hydrogens is 252 g/mol. The maximum atomic E-state index is 4.29. The van der Waals surface area contributed by atoms with Crippen LogP contribution in [0, 0.1) is 13.8 Å². The lowest BCUT2D eigenvalue weighted by atomic mass is 9.74. The lowest BCUT2D eigenvalue weighted by Crippen LogP contribution is -2.39. The van der Waals surface area contributed by atoms with E-state index >= 15 is 0 Å². The molecule has 1 N–H and O–H groups in total. The van der Waals surface area contributed by atoms with Crippen molar-refractivity contribution >= 4 is 11.3 Å². The van der Waals surface area contributed by atoms with E-state index in [1.54, 1.807) is 11.3 Å². The summed E-state index contributed by atoms with van der Waals surface area (Å²) in [6.45, 7) is 5.28. The number of hydrogen-bond acceptors (Lipinski definition) is 3. The minimum absolute atomic E-state index is 0.672. The first-order valence-corrected chi connectivity index (χ1v) is 7.80. The summed E-state index contributed by atoms with van der Waals surface area (Å²) in [6.07, 6.45) is 2.53. The van der Waals surface area contributed by atoms with E-state index in [1.807, 2.05) is 5.51 Å². The number of rotatable bonds is 4. The molecule has 0 amide bonds. The monoisotopic (exact) mass is 272 g/mol. The van der Waals surface area contributed by atoms with Gasteiger partial charge in [-0.1, -0.05) is 24.3 Å². The Morgan fingerprint density at radius 1 is 1.26 bits per heavy atom. The molecular formula is C16H20N2S. The van der Waals surface area contributed by atoms with Crippen molar-refractivity contribution in [1.82, 2.24) is 10.3 Å². The van der Waals surface area contributed by atoms with E-state index in [0.717, 1.165) is 12.5 Å². The third kappa shape index (κ3) is 2.72. The molecule has 3 heteroatoms. The van der Waals surface area contributed by atoms with Gasteiger partial charge in [0.15, 0.2) is 0 Å². The SMILES string of the molecule is Cc1ccccc1C1CC(NCc2scnc2C)C1. The van der Waals surface area contributed by atoms with Crippen molar-refractivity contribution in [2.75, 3.05) is 0 Å². The first-order valence-electron chi connectivity index (χ1n) is 6.92. The van der Waals surface area contributed by atoms with Gasteiger partial charge in [-0.25, -0.2) is 4.98 Å². The van der Waals surface area contributed by atoms with Crippen LogP contribution in [-0.2, 0) is 6.54 Å². The highest BCUT2D eigenvalue weighted by atomic mass is 32.1. The quantitative estimate of drug-likeness (QED) is 0.916. The summed E-state index contributed by atoms with van der Waals surface area (Å²) in [4.78, 5) is 5.67. The molecule has 1 aliphatic rings. The van der Waals surface area contributed by atoms with Gasteiger partial charge in [-0.3, -0.25) is 0 Å². The van der Waals surface area contributed by atoms with Crippen molar-refractivity contribution in [1.29, 1.82) is 0 Å². The van der Waals surface area contributed by atoms with E-state index in [0.29, 0.717) is 6.04 Å². The van der Waals surface area contributed by atoms with Crippen LogP contribution < -0.4 is 5.32 Å². The fourth-order valence-electron chi connectivity index (χ4n) is 2.82. The molecule has 0 atom stereocenters. The summed E-state index contributed by atoms with van der Waals surface area (Å²) in [6, 6.07) is 9.45. The second kappa shape index (κ2) is 5.43. The largest absolute Gasteiger partial charge is 0.309 e. The lowest BCUT2D eigenvalue weighted by Gasteiger charge is -2.37. The molecule has 0 radical (unpaired) electrons. The molecule has 1 heterocycles. The summed E-state index contributed by atoms with van der Waals surface area (Å²) < 4.78 is 0. The van der Waals surface area contributed by atoms with Crippen molar-refractivity contribution in [3.8, 4) is 0 Å². The van der Waals surface area contributed by atoms with E-state index in [9.17, 15) is 0 Å². The summed E-state index contributed by atoms with van der Waals surface area (Å²) in [5.74, 6) is 0.751. The van der Waals surface area contributed by atoms with Crippen LogP contribution in [0.25, 0.3) is 0 Å². The Labute approximate surface area is 118 Å². The first-order chi connectivity index (χ1) is 9.24. The Morgan fingerprint density at radius 3 is 2.74 bits per heavy atom. The second-order valence-corrected chi connectivity index (χ2v) is 6.40. The summed E-state index contributed by atoms with van der Waals surface area (Å²) in [5.41, 5.74) is 6.08. The number of thiazole rings is 1. The smallest absolute Gasteiger partial charge is 0.0798 e. The predicted octanol–water partition coefficient (Wildman–Crippen LogP) is 3.80. The molecule has 100 valence electrons. The van der Waals surface area contributed by atoms with E-state index in [1.165, 1.54) is 34.5 Å². The topological polar surface area (TPSA) is 24.9 Å². The number of aromatic nitrogens is 1. The van der Waals surface area contributed by atoms with Gasteiger partial charge in [-0.15, -0.1) is 11.3 Å². The van der Waals surface area contributed by atoms with Crippen molar-refractivity contribution < 1.29 is 0 Å². The molecule has 2 nitrogen and oxygen atoms in total. The average molecular weight is 272 g/mol. The summed E-state index contributed by atoms with van der Waals surface area (Å²) >= 11 is 1.75. The van der Waals surface area contributed by atoms with Gasteiger partial charge in [0, 0.05) is 17.5 Å². The fraction of sp³-hybridized carbons (Fsp3) is 0.438. The molecule has 1 aromatic heterocycles. The molecule has 0 unspecified atom stereocenters. The zero-order valence-electron chi connectivity index (χ0n) is 11.5. The highest BCUT2D eigenvalue weighted by Gasteiger charge is 2.30. The van der Waals surface area contributed by atoms with Crippen molar-refractivity contribution in [3.05, 3.63) is 51.5 Å². The van der Waals surface area contributed by atoms with Gasteiger partial charge in [0.1, 0.15) is 0 Å². The zero-order valence-corrected chi connectivity index (χ0v) is 12.3. The molecule has 0 aliphatic heterocycles. The van der Waals surface area contributed by atoms with Crippen LogP contribution in [0.5, 0.6) is 0 Å². The highest BCUT2D eigenvalue weighted by Crippen LogP contribution is 2.38. The van der Waals surface area contributed by atoms with Crippen LogP contribution in [0.15, 0.2) is 29.8 Å². The predicted molar refractivity (Wildman–Crippen MR) is 80.6 cm³/mol. The summed E-state index contributed by atoms with van der Waals surface area (Å²) in [5, 5.41) is 3.65. The minimum atomic E-state index is 0.672. The van der Waals surface area contributed by atoms with Crippen LogP contribution in [0.2, 0.25) is 0 Å². The minimum Gasteiger partial charge on any atom is -0.309 e. The maximum absolute atomic E-state index is 4.29. The Kier molecular flexibility index (Phi) is 3.67. The Balaban J connectivity index is 1.51. The Hall–Kier alpha value is -1.19. The van der Waals surface area contributed by atoms with E-state index in [4.69, 9.17) is 0 Å². The number of nitrogens with zero attached hydrogens (tertiary/aromatic N) is 1. The number of benzene rings is 1. The van der Waals surface area contributed by atoms with Crippen molar-refractivity contribution in [2.45, 2.75) is 45.2 Å². The van der Waals surface area contributed by atoms with Crippen LogP contribution in [0.1, 0.15) is 40.5 Å². The molecule has 1 saturated carbocycles. The molecule has 0 bridgehead atoms. The summed E-state index contributed by atoms with van der Waals surface area (Å²) in [7, 11) is 0. The van der Waals surface area contributed by atoms with Crippen LogP contribution in [0.4, 0.5) is 0 Å². The van der Waals surface area contributed by atoms with Crippen LogP contribution >= 0.6 is 11.3 Å². The van der Waals surface area contributed by atoms with Gasteiger partial charge in [-0.2, -0.15) is 0 Å². The molecule has 0 saturated heterocycles. The van der Waals surface area contributed by atoms with Crippen LogP contribution in [0.3, 0.4) is 0 Å². The van der Waals surface area contributed by atoms with Gasteiger partial charge < -0.3 is 5.32 Å². The van der Waals surface area contributed by atoms with Gasteiger partial charge >= 0.3 is 0 Å². The normalized spacial score (nSPS) is 22.2. The van der Waals surface area contributed by atoms with E-state index in [2.05, 4.69) is 48.4 Å². The van der Waals surface area contributed by atoms with Crippen molar-refractivity contribution in [3.63, 3.8) is 0 Å². The first kappa shape index (κ1) is 12.8. The van der Waals surface area contributed by atoms with Gasteiger partial charge in [-0.05, 0) is 43.7 Å². The second-order valence-electron chi connectivity index (χ2n) is 5.46. The van der Waals surface area contributed by atoms with E-state index in [-0.39, 0.29) is 0 Å². The molecule has 0 spiro atoms. The maximum Gasteiger partial charge on any atom is 0.0798 e. The van der Waals surface area contributed by atoms with Crippen molar-refractivity contribution in [2.24, 2.45) is 0 Å². The highest BCUT2D eigenvalue weighted by molar-refractivity contribution is 7.09. The van der Waals surface area contributed by atoms with Gasteiger partial charge in [0.2, 0.25) is 0 Å². The Bertz CT molecular complexity index is 555. The molecule has 1 aliphatic carbocycles. The number of nitrogens with one attached hydrogen (secondary N) is 1. The third-order valence-electron chi connectivity index (χ3n) is 4.16. The number of aryl methyl sites for hydroxylation is 2. The third-order valence-corrected chi connectivity index (χ3v) is 5.10. The van der Waals surface area contributed by atoms with Gasteiger partial charge in [0.25, 0.3) is 0 Å².